The van der Waals surface area contributed by atoms with Crippen LogP contribution in [0.15, 0.2) is 63.9 Å². The first-order chi connectivity index (χ1) is 15.5. The van der Waals surface area contributed by atoms with Crippen LogP contribution in [0.4, 0.5) is 10.1 Å². The Hall–Kier alpha value is -2.97. The summed E-state index contributed by atoms with van der Waals surface area (Å²) in [7, 11) is 0. The number of nitrogens with zero attached hydrogens (tertiary/aromatic N) is 2. The van der Waals surface area contributed by atoms with Crippen molar-refractivity contribution in [2.75, 3.05) is 11.4 Å². The Labute approximate surface area is 192 Å². The number of aromatic nitrogens is 2. The van der Waals surface area contributed by atoms with Gasteiger partial charge in [0.25, 0.3) is 5.56 Å². The fraction of sp³-hybridized carbons (Fsp3) is 0.208. The van der Waals surface area contributed by atoms with E-state index in [9.17, 15) is 14.0 Å². The molecule has 1 atom stereocenters. The number of H-pyrrole nitrogens is 1. The van der Waals surface area contributed by atoms with Crippen LogP contribution in [-0.2, 0) is 11.2 Å². The summed E-state index contributed by atoms with van der Waals surface area (Å²) in [6.45, 7) is 2.53. The van der Waals surface area contributed by atoms with Crippen molar-refractivity contribution in [3.63, 3.8) is 0 Å². The minimum absolute atomic E-state index is 0.00285. The molecule has 5 rings (SSSR count). The molecular formula is C24H20FN3O2S2. The third-order valence-corrected chi connectivity index (χ3v) is 7.43. The summed E-state index contributed by atoms with van der Waals surface area (Å²) in [5.74, 6) is -0.322. The molecule has 0 fully saturated rings. The molecular weight excluding hydrogens is 445 g/mol. The number of anilines is 1. The van der Waals surface area contributed by atoms with Crippen LogP contribution in [0.2, 0.25) is 0 Å². The molecule has 3 heterocycles. The molecule has 0 bridgehead atoms. The number of fused-ring (bicyclic) bond motifs is 2. The largest absolute Gasteiger partial charge is 0.311 e. The zero-order valence-electron chi connectivity index (χ0n) is 17.3. The SMILES string of the molecule is CC(Sc1nc2scc(-c3ccc(F)cc3)c2c(=O)[nH]1)C(=O)N1CCCc2ccccc21. The topological polar surface area (TPSA) is 66.1 Å². The fourth-order valence-electron chi connectivity index (χ4n) is 4.03. The van der Waals surface area contributed by atoms with Gasteiger partial charge in [0.05, 0.1) is 10.6 Å². The normalized spacial score (nSPS) is 14.4. The highest BCUT2D eigenvalue weighted by Crippen LogP contribution is 2.33. The highest BCUT2D eigenvalue weighted by atomic mass is 32.2. The number of carbonyl (C=O) groups is 1. The lowest BCUT2D eigenvalue weighted by Crippen LogP contribution is -2.40. The number of thiophene rings is 1. The number of benzene rings is 2. The maximum Gasteiger partial charge on any atom is 0.260 e. The number of rotatable bonds is 4. The predicted octanol–water partition coefficient (Wildman–Crippen LogP) is 5.25. The molecule has 2 aromatic carbocycles. The second-order valence-corrected chi connectivity index (χ2v) is 9.88. The molecule has 32 heavy (non-hydrogen) atoms. The molecule has 4 aromatic rings. The lowest BCUT2D eigenvalue weighted by atomic mass is 10.0. The minimum atomic E-state index is -0.404. The van der Waals surface area contributed by atoms with E-state index in [1.165, 1.54) is 40.8 Å². The van der Waals surface area contributed by atoms with E-state index < -0.39 is 5.25 Å². The van der Waals surface area contributed by atoms with Gasteiger partial charge in [-0.25, -0.2) is 9.37 Å². The summed E-state index contributed by atoms with van der Waals surface area (Å²) in [5.41, 5.74) is 3.38. The second kappa shape index (κ2) is 8.52. The van der Waals surface area contributed by atoms with Crippen molar-refractivity contribution in [3.8, 4) is 11.1 Å². The monoisotopic (exact) mass is 465 g/mol. The standard InChI is InChI=1S/C24H20FN3O2S2/c1-14(23(30)28-12-4-6-16-5-2-3-7-19(16)28)32-24-26-21(29)20-18(13-31-22(20)27-24)15-8-10-17(25)11-9-15/h2-3,5,7-11,13-14H,4,6,12H2,1H3,(H,26,27,29). The summed E-state index contributed by atoms with van der Waals surface area (Å²) in [5, 5.41) is 2.35. The van der Waals surface area contributed by atoms with Gasteiger partial charge in [-0.1, -0.05) is 42.1 Å². The van der Waals surface area contributed by atoms with Crippen LogP contribution < -0.4 is 10.5 Å². The van der Waals surface area contributed by atoms with Gasteiger partial charge in [0.1, 0.15) is 10.6 Å². The van der Waals surface area contributed by atoms with Crippen LogP contribution >= 0.6 is 23.1 Å². The lowest BCUT2D eigenvalue weighted by molar-refractivity contribution is -0.117. The van der Waals surface area contributed by atoms with E-state index in [-0.39, 0.29) is 17.3 Å². The van der Waals surface area contributed by atoms with Crippen LogP contribution in [0.1, 0.15) is 18.9 Å². The fourth-order valence-corrected chi connectivity index (χ4v) is 5.89. The average molecular weight is 466 g/mol. The maximum absolute atomic E-state index is 13.3. The molecule has 1 unspecified atom stereocenters. The number of hydrogen-bond donors (Lipinski definition) is 1. The molecule has 2 aromatic heterocycles. The van der Waals surface area contributed by atoms with E-state index in [4.69, 9.17) is 0 Å². The van der Waals surface area contributed by atoms with Gasteiger partial charge >= 0.3 is 0 Å². The number of aryl methyl sites for hydroxylation is 1. The van der Waals surface area contributed by atoms with Gasteiger partial charge in [0, 0.05) is 23.2 Å². The summed E-state index contributed by atoms with van der Waals surface area (Å²) >= 11 is 2.62. The Balaban J connectivity index is 1.41. The Morgan fingerprint density at radius 3 is 2.81 bits per heavy atom. The molecule has 0 saturated carbocycles. The molecule has 5 nitrogen and oxygen atoms in total. The smallest absolute Gasteiger partial charge is 0.260 e. The first-order valence-corrected chi connectivity index (χ1v) is 12.1. The van der Waals surface area contributed by atoms with Gasteiger partial charge in [0.2, 0.25) is 5.91 Å². The molecule has 0 saturated heterocycles. The maximum atomic E-state index is 13.3. The minimum Gasteiger partial charge on any atom is -0.311 e. The van der Waals surface area contributed by atoms with Gasteiger partial charge < -0.3 is 9.88 Å². The Morgan fingerprint density at radius 2 is 2.00 bits per heavy atom. The molecule has 1 amide bonds. The summed E-state index contributed by atoms with van der Waals surface area (Å²) in [4.78, 5) is 35.9. The summed E-state index contributed by atoms with van der Waals surface area (Å²) in [6, 6.07) is 14.0. The van der Waals surface area contributed by atoms with E-state index in [1.807, 2.05) is 35.4 Å². The first kappa shape index (κ1) is 20.9. The van der Waals surface area contributed by atoms with Crippen LogP contribution in [0, 0.1) is 5.82 Å². The van der Waals surface area contributed by atoms with Crippen LogP contribution in [0.3, 0.4) is 0 Å². The molecule has 1 aliphatic heterocycles. The van der Waals surface area contributed by atoms with Crippen molar-refractivity contribution >= 4 is 44.9 Å². The Kier molecular flexibility index (Phi) is 5.57. The first-order valence-electron chi connectivity index (χ1n) is 10.3. The summed E-state index contributed by atoms with van der Waals surface area (Å²) < 4.78 is 13.3. The van der Waals surface area contributed by atoms with Crippen LogP contribution in [0.5, 0.6) is 0 Å². The van der Waals surface area contributed by atoms with Crippen molar-refractivity contribution in [3.05, 3.63) is 75.6 Å². The Morgan fingerprint density at radius 1 is 1.22 bits per heavy atom. The highest BCUT2D eigenvalue weighted by molar-refractivity contribution is 8.00. The van der Waals surface area contributed by atoms with Gasteiger partial charge in [-0.2, -0.15) is 0 Å². The van der Waals surface area contributed by atoms with Crippen LogP contribution in [-0.4, -0.2) is 27.7 Å². The molecule has 1 aliphatic rings. The van der Waals surface area contributed by atoms with Crippen molar-refractivity contribution in [1.82, 2.24) is 9.97 Å². The quantitative estimate of drug-likeness (QED) is 0.330. The number of aromatic amines is 1. The highest BCUT2D eigenvalue weighted by Gasteiger charge is 2.27. The molecule has 0 spiro atoms. The van der Waals surface area contributed by atoms with E-state index >= 15 is 0 Å². The van der Waals surface area contributed by atoms with Gasteiger partial charge in [-0.3, -0.25) is 9.59 Å². The molecule has 1 N–H and O–H groups in total. The lowest BCUT2D eigenvalue weighted by Gasteiger charge is -2.31. The van der Waals surface area contributed by atoms with Crippen LogP contribution in [0.25, 0.3) is 21.3 Å². The average Bonchev–Trinajstić information content (AvgIpc) is 3.23. The molecule has 8 heteroatoms. The number of para-hydroxylation sites is 1. The van der Waals surface area contributed by atoms with Gasteiger partial charge in [-0.15, -0.1) is 11.3 Å². The van der Waals surface area contributed by atoms with Gasteiger partial charge in [-0.05, 0) is 49.1 Å². The number of thioether (sulfide) groups is 1. The molecule has 0 aliphatic carbocycles. The van der Waals surface area contributed by atoms with Crippen molar-refractivity contribution < 1.29 is 9.18 Å². The van der Waals surface area contributed by atoms with Gasteiger partial charge in [0.15, 0.2) is 5.16 Å². The van der Waals surface area contributed by atoms with E-state index in [2.05, 4.69) is 16.0 Å². The van der Waals surface area contributed by atoms with E-state index in [0.29, 0.717) is 21.9 Å². The number of hydrogen-bond acceptors (Lipinski definition) is 5. The van der Waals surface area contributed by atoms with Crippen molar-refractivity contribution in [2.45, 2.75) is 30.2 Å². The van der Waals surface area contributed by atoms with Crippen molar-refractivity contribution in [1.29, 1.82) is 0 Å². The van der Waals surface area contributed by atoms with E-state index in [1.54, 1.807) is 12.1 Å². The summed E-state index contributed by atoms with van der Waals surface area (Å²) in [6.07, 6.45) is 1.91. The third kappa shape index (κ3) is 3.84. The number of amides is 1. The third-order valence-electron chi connectivity index (χ3n) is 5.59. The number of halogens is 1. The number of carbonyl (C=O) groups excluding carboxylic acids is 1. The zero-order chi connectivity index (χ0) is 22.2. The van der Waals surface area contributed by atoms with E-state index in [0.717, 1.165) is 29.7 Å². The Bertz CT molecular complexity index is 1360. The molecule has 0 radical (unpaired) electrons. The zero-order valence-corrected chi connectivity index (χ0v) is 18.9. The number of nitrogens with one attached hydrogen (secondary N) is 1. The predicted molar refractivity (Wildman–Crippen MR) is 128 cm³/mol. The second-order valence-electron chi connectivity index (χ2n) is 7.69. The molecule has 162 valence electrons. The van der Waals surface area contributed by atoms with Crippen molar-refractivity contribution in [2.24, 2.45) is 0 Å².